The van der Waals surface area contributed by atoms with Crippen molar-refractivity contribution < 1.29 is 18.7 Å². The predicted octanol–water partition coefficient (Wildman–Crippen LogP) is 2.34. The maximum atomic E-state index is 12.9. The number of halogens is 1. The molecular weight excluding hydrogens is 285 g/mol. The Kier molecular flexibility index (Phi) is 5.25. The van der Waals surface area contributed by atoms with Gasteiger partial charge in [0.25, 0.3) is 5.91 Å². The molecule has 0 fully saturated rings. The first-order chi connectivity index (χ1) is 10.6. The molecule has 0 aliphatic rings. The van der Waals surface area contributed by atoms with Crippen molar-refractivity contribution >= 4 is 11.9 Å². The zero-order valence-corrected chi connectivity index (χ0v) is 12.1. The minimum absolute atomic E-state index is 0.281. The normalized spacial score (nSPS) is 11.5. The summed E-state index contributed by atoms with van der Waals surface area (Å²) in [5, 5.41) is 2.62. The summed E-state index contributed by atoms with van der Waals surface area (Å²) in [4.78, 5) is 24.0. The maximum absolute atomic E-state index is 12.9. The fourth-order valence-electron chi connectivity index (χ4n) is 2.03. The highest BCUT2D eigenvalue weighted by Crippen LogP contribution is 2.07. The van der Waals surface area contributed by atoms with Gasteiger partial charge in [-0.25, -0.2) is 9.18 Å². The highest BCUT2D eigenvalue weighted by molar-refractivity contribution is 5.96. The van der Waals surface area contributed by atoms with E-state index in [1.165, 1.54) is 31.4 Å². The Hall–Kier alpha value is -2.69. The highest BCUT2D eigenvalue weighted by atomic mass is 19.1. The molecule has 1 atom stereocenters. The molecule has 0 spiro atoms. The molecule has 114 valence electrons. The number of nitrogens with one attached hydrogen (secondary N) is 1. The number of carbonyl (C=O) groups is 2. The Morgan fingerprint density at radius 1 is 1.09 bits per heavy atom. The molecule has 1 amide bonds. The quantitative estimate of drug-likeness (QED) is 0.862. The van der Waals surface area contributed by atoms with E-state index < -0.39 is 23.7 Å². The summed E-state index contributed by atoms with van der Waals surface area (Å²) in [7, 11) is 1.27. The van der Waals surface area contributed by atoms with Crippen molar-refractivity contribution in [2.24, 2.45) is 0 Å². The second-order valence-corrected chi connectivity index (χ2v) is 4.75. The molecule has 0 aliphatic heterocycles. The summed E-state index contributed by atoms with van der Waals surface area (Å²) in [6.07, 6.45) is 0.320. The molecule has 0 aliphatic carbocycles. The van der Waals surface area contributed by atoms with Crippen LogP contribution in [0.2, 0.25) is 0 Å². The van der Waals surface area contributed by atoms with Crippen LogP contribution in [0.4, 0.5) is 4.39 Å². The van der Waals surface area contributed by atoms with Gasteiger partial charge in [-0.05, 0) is 29.8 Å². The Morgan fingerprint density at radius 2 is 1.73 bits per heavy atom. The van der Waals surface area contributed by atoms with Gasteiger partial charge < -0.3 is 10.1 Å². The van der Waals surface area contributed by atoms with Crippen LogP contribution in [0, 0.1) is 5.82 Å². The molecule has 2 rings (SSSR count). The SMILES string of the molecule is COC(=O)C(Cc1ccccc1)NC(=O)c1ccc(F)cc1. The van der Waals surface area contributed by atoms with Crippen LogP contribution in [-0.2, 0) is 16.0 Å². The molecule has 2 aromatic rings. The number of benzene rings is 2. The molecule has 5 heteroatoms. The van der Waals surface area contributed by atoms with Crippen LogP contribution < -0.4 is 5.32 Å². The van der Waals surface area contributed by atoms with Crippen LogP contribution in [0.5, 0.6) is 0 Å². The molecule has 0 bridgehead atoms. The van der Waals surface area contributed by atoms with Gasteiger partial charge in [-0.2, -0.15) is 0 Å². The minimum Gasteiger partial charge on any atom is -0.467 e. The van der Waals surface area contributed by atoms with Gasteiger partial charge in [-0.1, -0.05) is 30.3 Å². The van der Waals surface area contributed by atoms with E-state index in [9.17, 15) is 14.0 Å². The van der Waals surface area contributed by atoms with Crippen molar-refractivity contribution in [2.75, 3.05) is 7.11 Å². The smallest absolute Gasteiger partial charge is 0.328 e. The third-order valence-corrected chi connectivity index (χ3v) is 3.18. The van der Waals surface area contributed by atoms with Gasteiger partial charge in [0.05, 0.1) is 7.11 Å². The largest absolute Gasteiger partial charge is 0.467 e. The molecule has 0 radical (unpaired) electrons. The zero-order valence-electron chi connectivity index (χ0n) is 12.1. The molecule has 0 saturated heterocycles. The average Bonchev–Trinajstić information content (AvgIpc) is 2.55. The average molecular weight is 301 g/mol. The number of rotatable bonds is 5. The van der Waals surface area contributed by atoms with Gasteiger partial charge in [0, 0.05) is 12.0 Å². The van der Waals surface area contributed by atoms with Gasteiger partial charge in [-0.3, -0.25) is 4.79 Å². The number of esters is 1. The van der Waals surface area contributed by atoms with Crippen LogP contribution in [-0.4, -0.2) is 25.0 Å². The molecule has 1 N–H and O–H groups in total. The van der Waals surface area contributed by atoms with E-state index >= 15 is 0 Å². The Labute approximate surface area is 127 Å². The lowest BCUT2D eigenvalue weighted by atomic mass is 10.1. The molecule has 0 aromatic heterocycles. The lowest BCUT2D eigenvalue weighted by Crippen LogP contribution is -2.43. The minimum atomic E-state index is -0.801. The molecule has 22 heavy (non-hydrogen) atoms. The fourth-order valence-corrected chi connectivity index (χ4v) is 2.03. The predicted molar refractivity (Wildman–Crippen MR) is 79.8 cm³/mol. The summed E-state index contributed by atoms with van der Waals surface area (Å²) in [5.74, 6) is -1.41. The number of hydrogen-bond donors (Lipinski definition) is 1. The van der Waals surface area contributed by atoms with Gasteiger partial charge >= 0.3 is 5.97 Å². The molecule has 0 heterocycles. The first-order valence-electron chi connectivity index (χ1n) is 6.78. The van der Waals surface area contributed by atoms with E-state index in [4.69, 9.17) is 4.74 Å². The van der Waals surface area contributed by atoms with Crippen LogP contribution in [0.15, 0.2) is 54.6 Å². The number of methoxy groups -OCH3 is 1. The summed E-state index contributed by atoms with van der Waals surface area (Å²) < 4.78 is 17.6. The zero-order chi connectivity index (χ0) is 15.9. The molecule has 4 nitrogen and oxygen atoms in total. The summed E-state index contributed by atoms with van der Waals surface area (Å²) in [5.41, 5.74) is 1.18. The second-order valence-electron chi connectivity index (χ2n) is 4.75. The van der Waals surface area contributed by atoms with E-state index in [0.29, 0.717) is 6.42 Å². The van der Waals surface area contributed by atoms with E-state index in [1.54, 1.807) is 0 Å². The Morgan fingerprint density at radius 3 is 2.32 bits per heavy atom. The van der Waals surface area contributed by atoms with E-state index in [0.717, 1.165) is 5.56 Å². The standard InChI is InChI=1S/C17H16FNO3/c1-22-17(21)15(11-12-5-3-2-4-6-12)19-16(20)13-7-9-14(18)10-8-13/h2-10,15H,11H2,1H3,(H,19,20). The molecular formula is C17H16FNO3. The van der Waals surface area contributed by atoms with Crippen molar-refractivity contribution in [2.45, 2.75) is 12.5 Å². The summed E-state index contributed by atoms with van der Waals surface area (Å²) in [6.45, 7) is 0. The monoisotopic (exact) mass is 301 g/mol. The number of ether oxygens (including phenoxy) is 1. The van der Waals surface area contributed by atoms with Gasteiger partial charge in [-0.15, -0.1) is 0 Å². The van der Waals surface area contributed by atoms with E-state index in [1.807, 2.05) is 30.3 Å². The Balaban J connectivity index is 2.11. The maximum Gasteiger partial charge on any atom is 0.328 e. The van der Waals surface area contributed by atoms with Gasteiger partial charge in [0.1, 0.15) is 11.9 Å². The van der Waals surface area contributed by atoms with Crippen LogP contribution in [0.25, 0.3) is 0 Å². The number of carbonyl (C=O) groups excluding carboxylic acids is 2. The summed E-state index contributed by atoms with van der Waals surface area (Å²) >= 11 is 0. The lowest BCUT2D eigenvalue weighted by molar-refractivity contribution is -0.142. The second kappa shape index (κ2) is 7.36. The highest BCUT2D eigenvalue weighted by Gasteiger charge is 2.22. The molecule has 0 saturated carbocycles. The van der Waals surface area contributed by atoms with Crippen molar-refractivity contribution in [3.63, 3.8) is 0 Å². The van der Waals surface area contributed by atoms with Crippen molar-refractivity contribution in [1.29, 1.82) is 0 Å². The third-order valence-electron chi connectivity index (χ3n) is 3.18. The van der Waals surface area contributed by atoms with Crippen molar-refractivity contribution in [3.8, 4) is 0 Å². The van der Waals surface area contributed by atoms with Crippen LogP contribution in [0.1, 0.15) is 15.9 Å². The summed E-state index contributed by atoms with van der Waals surface area (Å²) in [6, 6.07) is 13.6. The van der Waals surface area contributed by atoms with E-state index in [2.05, 4.69) is 5.32 Å². The first kappa shape index (κ1) is 15.7. The molecule has 1 unspecified atom stereocenters. The van der Waals surface area contributed by atoms with Gasteiger partial charge in [0.15, 0.2) is 0 Å². The van der Waals surface area contributed by atoms with Crippen LogP contribution >= 0.6 is 0 Å². The number of hydrogen-bond acceptors (Lipinski definition) is 3. The molecule has 2 aromatic carbocycles. The van der Waals surface area contributed by atoms with Crippen molar-refractivity contribution in [1.82, 2.24) is 5.32 Å². The Bertz CT molecular complexity index is 641. The third kappa shape index (κ3) is 4.15. The fraction of sp³-hybridized carbons (Fsp3) is 0.176. The van der Waals surface area contributed by atoms with Crippen LogP contribution in [0.3, 0.4) is 0 Å². The van der Waals surface area contributed by atoms with Crippen molar-refractivity contribution in [3.05, 3.63) is 71.5 Å². The van der Waals surface area contributed by atoms with Gasteiger partial charge in [0.2, 0.25) is 0 Å². The topological polar surface area (TPSA) is 55.4 Å². The first-order valence-corrected chi connectivity index (χ1v) is 6.78. The lowest BCUT2D eigenvalue weighted by Gasteiger charge is -2.16. The number of amides is 1. The van der Waals surface area contributed by atoms with E-state index in [-0.39, 0.29) is 5.56 Å².